The molecule has 0 bridgehead atoms. The number of rotatable bonds is 4. The molecule has 1 aliphatic heterocycles. The zero-order valence-corrected chi connectivity index (χ0v) is 16.4. The lowest BCUT2D eigenvalue weighted by Gasteiger charge is -2.34. The maximum Gasteiger partial charge on any atom is 0.269 e. The van der Waals surface area contributed by atoms with Crippen LogP contribution >= 0.6 is 0 Å². The predicted molar refractivity (Wildman–Crippen MR) is 111 cm³/mol. The summed E-state index contributed by atoms with van der Waals surface area (Å²) >= 11 is 0. The summed E-state index contributed by atoms with van der Waals surface area (Å²) in [5, 5.41) is 14.1. The van der Waals surface area contributed by atoms with Crippen LogP contribution in [0.15, 0.2) is 64.9 Å². The SMILES string of the molecule is CC1=NC2=C(C(=O)CCC2)[C@H](c2cccc([N+](=O)[O-])c2)C1C(=O)Nc1ccccn1. The number of anilines is 1. The van der Waals surface area contributed by atoms with E-state index >= 15 is 0 Å². The Labute approximate surface area is 172 Å². The van der Waals surface area contributed by atoms with Crippen molar-refractivity contribution in [2.24, 2.45) is 10.9 Å². The number of benzene rings is 1. The van der Waals surface area contributed by atoms with Gasteiger partial charge in [0.25, 0.3) is 5.69 Å². The molecule has 1 amide bonds. The van der Waals surface area contributed by atoms with Gasteiger partial charge in [0.05, 0.1) is 10.8 Å². The molecule has 30 heavy (non-hydrogen) atoms. The van der Waals surface area contributed by atoms with Crippen LogP contribution in [0.1, 0.15) is 37.7 Å². The quantitative estimate of drug-likeness (QED) is 0.615. The van der Waals surface area contributed by atoms with Crippen LogP contribution in [0.5, 0.6) is 0 Å². The Bertz CT molecular complexity index is 1090. The topological polar surface area (TPSA) is 115 Å². The van der Waals surface area contributed by atoms with Crippen molar-refractivity contribution < 1.29 is 14.5 Å². The summed E-state index contributed by atoms with van der Waals surface area (Å²) in [4.78, 5) is 45.7. The minimum atomic E-state index is -0.769. The minimum Gasteiger partial charge on any atom is -0.310 e. The lowest BCUT2D eigenvalue weighted by Crippen LogP contribution is -2.39. The van der Waals surface area contributed by atoms with E-state index in [-0.39, 0.29) is 17.4 Å². The molecule has 4 rings (SSSR count). The number of non-ortho nitro benzene ring substituents is 1. The van der Waals surface area contributed by atoms with E-state index in [1.165, 1.54) is 12.1 Å². The first-order valence-corrected chi connectivity index (χ1v) is 9.73. The molecule has 2 aliphatic rings. The number of aliphatic imine (C=N–C) groups is 1. The maximum absolute atomic E-state index is 13.3. The van der Waals surface area contributed by atoms with Crippen LogP contribution in [0.3, 0.4) is 0 Å². The standard InChI is InChI=1S/C22H20N4O4/c1-13-19(22(28)25-18-10-2-3-11-23-18)20(14-6-4-7-15(12-14)26(29)30)21-16(24-13)8-5-9-17(21)27/h2-4,6-7,10-12,19-20H,5,8-9H2,1H3,(H,23,25,28)/t19?,20-/m1/s1. The summed E-state index contributed by atoms with van der Waals surface area (Å²) in [6.07, 6.45) is 3.31. The van der Waals surface area contributed by atoms with Gasteiger partial charge in [-0.15, -0.1) is 0 Å². The average molecular weight is 404 g/mol. The van der Waals surface area contributed by atoms with Crippen LogP contribution in [0, 0.1) is 16.0 Å². The van der Waals surface area contributed by atoms with Gasteiger partial charge >= 0.3 is 0 Å². The van der Waals surface area contributed by atoms with Crippen LogP contribution in [0.4, 0.5) is 11.5 Å². The van der Waals surface area contributed by atoms with E-state index in [1.807, 2.05) is 0 Å². The molecule has 0 saturated heterocycles. The Morgan fingerprint density at radius 3 is 2.77 bits per heavy atom. The molecule has 1 aromatic heterocycles. The van der Waals surface area contributed by atoms with Crippen molar-refractivity contribution in [2.75, 3.05) is 5.32 Å². The van der Waals surface area contributed by atoms with Crippen molar-refractivity contribution in [3.8, 4) is 0 Å². The molecule has 1 aromatic carbocycles. The van der Waals surface area contributed by atoms with E-state index in [1.54, 1.807) is 43.5 Å². The van der Waals surface area contributed by atoms with Crippen molar-refractivity contribution in [3.05, 3.63) is 75.6 Å². The summed E-state index contributed by atoms with van der Waals surface area (Å²) in [6.45, 7) is 1.76. The van der Waals surface area contributed by atoms with Crippen molar-refractivity contribution in [1.82, 2.24) is 4.98 Å². The second-order valence-electron chi connectivity index (χ2n) is 7.40. The highest BCUT2D eigenvalue weighted by molar-refractivity contribution is 6.13. The Kier molecular flexibility index (Phi) is 5.22. The number of hydrogen-bond acceptors (Lipinski definition) is 6. The fourth-order valence-electron chi connectivity index (χ4n) is 4.18. The van der Waals surface area contributed by atoms with Gasteiger partial charge in [0.2, 0.25) is 5.91 Å². The zero-order valence-electron chi connectivity index (χ0n) is 16.4. The molecule has 2 atom stereocenters. The number of Topliss-reactive ketones (excluding diaryl/α,β-unsaturated/α-hetero) is 1. The molecule has 1 aliphatic carbocycles. The number of hydrogen-bond donors (Lipinski definition) is 1. The highest BCUT2D eigenvalue weighted by Crippen LogP contribution is 2.44. The molecular formula is C22H20N4O4. The van der Waals surface area contributed by atoms with Gasteiger partial charge in [-0.25, -0.2) is 4.98 Å². The number of carbonyl (C=O) groups excluding carboxylic acids is 2. The Balaban J connectivity index is 1.81. The maximum atomic E-state index is 13.3. The summed E-state index contributed by atoms with van der Waals surface area (Å²) in [7, 11) is 0. The number of nitrogens with one attached hydrogen (secondary N) is 1. The first-order chi connectivity index (χ1) is 14.5. The summed E-state index contributed by atoms with van der Waals surface area (Å²) in [6, 6.07) is 11.3. The number of nitro benzene ring substituents is 1. The molecule has 2 heterocycles. The van der Waals surface area contributed by atoms with Crippen LogP contribution in [0.25, 0.3) is 0 Å². The number of carbonyl (C=O) groups is 2. The van der Waals surface area contributed by atoms with E-state index in [4.69, 9.17) is 0 Å². The van der Waals surface area contributed by atoms with Gasteiger partial charge in [-0.3, -0.25) is 24.7 Å². The summed E-state index contributed by atoms with van der Waals surface area (Å²) in [5.74, 6) is -1.41. The van der Waals surface area contributed by atoms with Gasteiger partial charge in [-0.1, -0.05) is 18.2 Å². The zero-order chi connectivity index (χ0) is 21.3. The average Bonchev–Trinajstić information content (AvgIpc) is 2.73. The third kappa shape index (κ3) is 3.63. The second-order valence-corrected chi connectivity index (χ2v) is 7.40. The Morgan fingerprint density at radius 2 is 2.03 bits per heavy atom. The Hall–Kier alpha value is -3.68. The molecule has 1 N–H and O–H groups in total. The predicted octanol–water partition coefficient (Wildman–Crippen LogP) is 3.81. The highest BCUT2D eigenvalue weighted by Gasteiger charge is 2.42. The number of nitro groups is 1. The van der Waals surface area contributed by atoms with Gasteiger partial charge in [0.15, 0.2) is 5.78 Å². The molecule has 1 unspecified atom stereocenters. The van der Waals surface area contributed by atoms with Crippen LogP contribution in [0.2, 0.25) is 0 Å². The third-order valence-corrected chi connectivity index (χ3v) is 5.47. The normalized spacial score (nSPS) is 21.0. The number of ketones is 1. The second kappa shape index (κ2) is 7.98. The molecule has 2 aromatic rings. The summed E-state index contributed by atoms with van der Waals surface area (Å²) in [5.41, 5.74) is 2.23. The van der Waals surface area contributed by atoms with E-state index in [9.17, 15) is 19.7 Å². The first kappa shape index (κ1) is 19.6. The van der Waals surface area contributed by atoms with Crippen LogP contribution in [-0.4, -0.2) is 27.3 Å². The van der Waals surface area contributed by atoms with Crippen molar-refractivity contribution in [3.63, 3.8) is 0 Å². The van der Waals surface area contributed by atoms with Gasteiger partial charge in [0.1, 0.15) is 5.82 Å². The van der Waals surface area contributed by atoms with Crippen LogP contribution in [-0.2, 0) is 9.59 Å². The van der Waals surface area contributed by atoms with Crippen molar-refractivity contribution >= 4 is 28.9 Å². The molecule has 0 spiro atoms. The van der Waals surface area contributed by atoms with Crippen molar-refractivity contribution in [2.45, 2.75) is 32.1 Å². The van der Waals surface area contributed by atoms with Gasteiger partial charge in [-0.2, -0.15) is 0 Å². The van der Waals surface area contributed by atoms with Gasteiger partial charge < -0.3 is 5.32 Å². The number of pyridine rings is 1. The van der Waals surface area contributed by atoms with E-state index in [0.29, 0.717) is 47.6 Å². The van der Waals surface area contributed by atoms with Gasteiger partial charge in [0, 0.05) is 47.7 Å². The smallest absolute Gasteiger partial charge is 0.269 e. The number of amides is 1. The van der Waals surface area contributed by atoms with Crippen molar-refractivity contribution in [1.29, 1.82) is 0 Å². The minimum absolute atomic E-state index is 0.0559. The molecule has 0 radical (unpaired) electrons. The Morgan fingerprint density at radius 1 is 1.20 bits per heavy atom. The summed E-state index contributed by atoms with van der Waals surface area (Å²) < 4.78 is 0. The largest absolute Gasteiger partial charge is 0.310 e. The van der Waals surface area contributed by atoms with E-state index in [2.05, 4.69) is 15.3 Å². The van der Waals surface area contributed by atoms with E-state index < -0.39 is 16.8 Å². The fraction of sp³-hybridized carbons (Fsp3) is 0.273. The number of nitrogens with zero attached hydrogens (tertiary/aromatic N) is 3. The molecule has 8 heteroatoms. The molecular weight excluding hydrogens is 384 g/mol. The molecule has 0 saturated carbocycles. The van der Waals surface area contributed by atoms with Gasteiger partial charge in [-0.05, 0) is 37.5 Å². The molecule has 152 valence electrons. The number of aromatic nitrogens is 1. The number of allylic oxidation sites excluding steroid dienone is 2. The first-order valence-electron chi connectivity index (χ1n) is 9.73. The lowest BCUT2D eigenvalue weighted by atomic mass is 9.71. The monoisotopic (exact) mass is 404 g/mol. The molecule has 0 fully saturated rings. The molecule has 8 nitrogen and oxygen atoms in total. The van der Waals surface area contributed by atoms with Crippen LogP contribution < -0.4 is 5.32 Å². The van der Waals surface area contributed by atoms with E-state index in [0.717, 1.165) is 0 Å². The lowest BCUT2D eigenvalue weighted by molar-refractivity contribution is -0.384. The third-order valence-electron chi connectivity index (χ3n) is 5.47. The highest BCUT2D eigenvalue weighted by atomic mass is 16.6. The fourth-order valence-corrected chi connectivity index (χ4v) is 4.18.